The fraction of sp³-hybridized carbons (Fsp3) is 0.385. The van der Waals surface area contributed by atoms with E-state index < -0.39 is 28.0 Å². The smallest absolute Gasteiger partial charge is 0.340 e. The van der Waals surface area contributed by atoms with Gasteiger partial charge in [-0.15, -0.1) is 0 Å². The monoisotopic (exact) mass is 392 g/mol. The van der Waals surface area contributed by atoms with E-state index in [1.807, 2.05) is 0 Å². The molecule has 1 rings (SSSR count). The Bertz CT molecular complexity index is 688. The van der Waals surface area contributed by atoms with Crippen LogP contribution in [0.15, 0.2) is 27.6 Å². The lowest BCUT2D eigenvalue weighted by Gasteiger charge is -2.13. The Morgan fingerprint density at radius 3 is 2.36 bits per heavy atom. The molecule has 0 bridgehead atoms. The van der Waals surface area contributed by atoms with E-state index in [9.17, 15) is 18.0 Å². The number of nitrogens with one attached hydrogen (secondary N) is 1. The zero-order valence-corrected chi connectivity index (χ0v) is 14.7. The van der Waals surface area contributed by atoms with Gasteiger partial charge in [-0.1, -0.05) is 0 Å². The third-order valence-electron chi connectivity index (χ3n) is 2.54. The highest BCUT2D eigenvalue weighted by atomic mass is 79.9. The number of primary amides is 1. The Hall–Kier alpha value is -1.45. The number of benzene rings is 1. The van der Waals surface area contributed by atoms with E-state index in [1.54, 1.807) is 13.8 Å². The largest absolute Gasteiger partial charge is 0.449 e. The van der Waals surface area contributed by atoms with Gasteiger partial charge in [0.1, 0.15) is 0 Å². The minimum absolute atomic E-state index is 0.0141. The van der Waals surface area contributed by atoms with Gasteiger partial charge in [0.2, 0.25) is 10.0 Å². The highest BCUT2D eigenvalue weighted by molar-refractivity contribution is 9.10. The van der Waals surface area contributed by atoms with Crippen molar-refractivity contribution in [3.05, 3.63) is 28.2 Å². The van der Waals surface area contributed by atoms with Crippen molar-refractivity contribution in [2.45, 2.75) is 37.8 Å². The number of sulfonamides is 1. The van der Waals surface area contributed by atoms with Gasteiger partial charge < -0.3 is 10.5 Å². The van der Waals surface area contributed by atoms with E-state index >= 15 is 0 Å². The predicted molar refractivity (Wildman–Crippen MR) is 83.7 cm³/mol. The van der Waals surface area contributed by atoms with Gasteiger partial charge in [0.25, 0.3) is 5.91 Å². The normalized spacial score (nSPS) is 13.0. The maximum atomic E-state index is 12.1. The molecule has 0 aliphatic heterocycles. The summed E-state index contributed by atoms with van der Waals surface area (Å²) in [5, 5.41) is 0. The fourth-order valence-corrected chi connectivity index (χ4v) is 3.17. The van der Waals surface area contributed by atoms with Crippen LogP contribution in [0.5, 0.6) is 0 Å². The molecule has 0 fully saturated rings. The van der Waals surface area contributed by atoms with Crippen LogP contribution in [0, 0.1) is 0 Å². The molecule has 7 nitrogen and oxygen atoms in total. The molecule has 122 valence electrons. The molecule has 3 N–H and O–H groups in total. The van der Waals surface area contributed by atoms with Gasteiger partial charge in [-0.2, -0.15) is 0 Å². The summed E-state index contributed by atoms with van der Waals surface area (Å²) in [5.74, 6) is -1.64. The van der Waals surface area contributed by atoms with Gasteiger partial charge in [-0.3, -0.25) is 4.79 Å². The molecule has 1 atom stereocenters. The summed E-state index contributed by atoms with van der Waals surface area (Å²) < 4.78 is 31.8. The number of hydrogen-bond donors (Lipinski definition) is 2. The Balaban J connectivity index is 3.15. The van der Waals surface area contributed by atoms with Crippen LogP contribution in [0.1, 0.15) is 31.1 Å². The number of amides is 1. The summed E-state index contributed by atoms with van der Waals surface area (Å²) in [5.41, 5.74) is 5.01. The highest BCUT2D eigenvalue weighted by Crippen LogP contribution is 2.22. The van der Waals surface area contributed by atoms with E-state index in [4.69, 9.17) is 10.5 Å². The predicted octanol–water partition coefficient (Wildman–Crippen LogP) is 1.17. The number of hydrogen-bond acceptors (Lipinski definition) is 5. The van der Waals surface area contributed by atoms with Gasteiger partial charge >= 0.3 is 5.97 Å². The topological polar surface area (TPSA) is 116 Å². The molecule has 0 radical (unpaired) electrons. The molecule has 1 aromatic rings. The first kappa shape index (κ1) is 18.6. The lowest BCUT2D eigenvalue weighted by Crippen LogP contribution is -2.31. The number of ether oxygens (including phenoxy) is 1. The van der Waals surface area contributed by atoms with E-state index in [2.05, 4.69) is 20.7 Å². The third kappa shape index (κ3) is 4.79. The van der Waals surface area contributed by atoms with E-state index in [0.29, 0.717) is 4.47 Å². The molecular weight excluding hydrogens is 376 g/mol. The van der Waals surface area contributed by atoms with Crippen molar-refractivity contribution in [1.82, 2.24) is 4.72 Å². The standard InChI is InChI=1S/C13H17BrN2O5S/c1-7(2)16-22(19,20)9-4-5-11(14)10(6-9)13(18)21-8(3)12(15)17/h4-8,16H,1-3H3,(H2,15,17)/t8-/m1/s1. The lowest BCUT2D eigenvalue weighted by molar-refractivity contribution is -0.125. The van der Waals surface area contributed by atoms with Gasteiger partial charge in [0, 0.05) is 10.5 Å². The Kier molecular flexibility index (Phi) is 6.09. The Morgan fingerprint density at radius 1 is 1.27 bits per heavy atom. The number of nitrogens with two attached hydrogens (primary N) is 1. The molecule has 1 amide bonds. The first-order valence-corrected chi connectivity index (χ1v) is 8.64. The molecule has 22 heavy (non-hydrogen) atoms. The van der Waals surface area contributed by atoms with Crippen molar-refractivity contribution in [1.29, 1.82) is 0 Å². The number of esters is 1. The number of rotatable bonds is 6. The molecule has 0 unspecified atom stereocenters. The van der Waals surface area contributed by atoms with Crippen LogP contribution in [0.2, 0.25) is 0 Å². The lowest BCUT2D eigenvalue weighted by atomic mass is 10.2. The zero-order valence-electron chi connectivity index (χ0n) is 12.3. The van der Waals surface area contributed by atoms with Gasteiger partial charge in [0.05, 0.1) is 10.5 Å². The molecule has 0 aromatic heterocycles. The fourth-order valence-electron chi connectivity index (χ4n) is 1.49. The first-order valence-electron chi connectivity index (χ1n) is 6.36. The number of carbonyl (C=O) groups excluding carboxylic acids is 2. The zero-order chi connectivity index (χ0) is 17.1. The number of carbonyl (C=O) groups is 2. The molecule has 9 heteroatoms. The second-order valence-electron chi connectivity index (χ2n) is 4.87. The molecule has 0 aliphatic rings. The van der Waals surface area contributed by atoms with E-state index in [-0.39, 0.29) is 16.5 Å². The average Bonchev–Trinajstić information content (AvgIpc) is 2.36. The molecule has 1 aromatic carbocycles. The van der Waals surface area contributed by atoms with Crippen LogP contribution in [-0.2, 0) is 19.6 Å². The van der Waals surface area contributed by atoms with Crippen LogP contribution >= 0.6 is 15.9 Å². The minimum atomic E-state index is -3.75. The molecule has 0 saturated heterocycles. The first-order chi connectivity index (χ1) is 10.0. The van der Waals surface area contributed by atoms with Crippen molar-refractivity contribution in [3.8, 4) is 0 Å². The van der Waals surface area contributed by atoms with Crippen LogP contribution in [0.3, 0.4) is 0 Å². The SMILES string of the molecule is CC(C)NS(=O)(=O)c1ccc(Br)c(C(=O)O[C@H](C)C(N)=O)c1. The van der Waals surface area contributed by atoms with Crippen LogP contribution < -0.4 is 10.5 Å². The molecule has 0 saturated carbocycles. The quantitative estimate of drug-likeness (QED) is 0.704. The van der Waals surface area contributed by atoms with Crippen molar-refractivity contribution in [2.24, 2.45) is 5.73 Å². The summed E-state index contributed by atoms with van der Waals surface area (Å²) >= 11 is 3.14. The molecular formula is C13H17BrN2O5S. The summed E-state index contributed by atoms with van der Waals surface area (Å²) in [4.78, 5) is 22.9. The summed E-state index contributed by atoms with van der Waals surface area (Å²) in [6.45, 7) is 4.69. The van der Waals surface area contributed by atoms with Crippen molar-refractivity contribution < 1.29 is 22.7 Å². The Morgan fingerprint density at radius 2 is 1.86 bits per heavy atom. The second kappa shape index (κ2) is 7.21. The number of halogens is 1. The van der Waals surface area contributed by atoms with Gasteiger partial charge in [0.15, 0.2) is 6.10 Å². The van der Waals surface area contributed by atoms with E-state index in [0.717, 1.165) is 0 Å². The maximum Gasteiger partial charge on any atom is 0.340 e. The van der Waals surface area contributed by atoms with Gasteiger partial charge in [-0.05, 0) is 54.9 Å². The second-order valence-corrected chi connectivity index (χ2v) is 7.44. The summed E-state index contributed by atoms with van der Waals surface area (Å²) in [7, 11) is -3.75. The van der Waals surface area contributed by atoms with E-state index in [1.165, 1.54) is 25.1 Å². The molecule has 0 heterocycles. The highest BCUT2D eigenvalue weighted by Gasteiger charge is 2.22. The maximum absolute atomic E-state index is 12.1. The molecule has 0 spiro atoms. The van der Waals surface area contributed by atoms with Crippen molar-refractivity contribution in [2.75, 3.05) is 0 Å². The summed E-state index contributed by atoms with van der Waals surface area (Å²) in [6.07, 6.45) is -1.12. The van der Waals surface area contributed by atoms with Gasteiger partial charge in [-0.25, -0.2) is 17.9 Å². The Labute approximate surface area is 137 Å². The van der Waals surface area contributed by atoms with Crippen molar-refractivity contribution >= 4 is 37.8 Å². The minimum Gasteiger partial charge on any atom is -0.449 e. The summed E-state index contributed by atoms with van der Waals surface area (Å²) in [6, 6.07) is 3.65. The molecule has 0 aliphatic carbocycles. The average molecular weight is 393 g/mol. The van der Waals surface area contributed by atoms with Crippen molar-refractivity contribution in [3.63, 3.8) is 0 Å². The van der Waals surface area contributed by atoms with Crippen LogP contribution in [-0.4, -0.2) is 32.4 Å². The van der Waals surface area contributed by atoms with Crippen LogP contribution in [0.25, 0.3) is 0 Å². The van der Waals surface area contributed by atoms with Crippen LogP contribution in [0.4, 0.5) is 0 Å². The third-order valence-corrected chi connectivity index (χ3v) is 4.89.